The Morgan fingerprint density at radius 1 is 1.16 bits per heavy atom. The number of carbonyl (C=O) groups is 2. The Bertz CT molecular complexity index is 718. The van der Waals surface area contributed by atoms with E-state index in [1.807, 2.05) is 6.07 Å². The molecule has 0 bridgehead atoms. The molecule has 7 nitrogen and oxygen atoms in total. The van der Waals surface area contributed by atoms with Gasteiger partial charge in [0.1, 0.15) is 17.0 Å². The summed E-state index contributed by atoms with van der Waals surface area (Å²) in [5.41, 5.74) is -1.30. The maximum atomic E-state index is 11.9. The summed E-state index contributed by atoms with van der Waals surface area (Å²) in [5.74, 6) is -0.0556. The van der Waals surface area contributed by atoms with Crippen LogP contribution in [-0.4, -0.2) is 34.1 Å². The topological polar surface area (TPSA) is 97.8 Å². The summed E-state index contributed by atoms with van der Waals surface area (Å²) < 4.78 is 10.9. The molecule has 0 aliphatic rings. The highest BCUT2D eigenvalue weighted by molar-refractivity contribution is 5.87. The minimum absolute atomic E-state index is 0.271. The van der Waals surface area contributed by atoms with Gasteiger partial charge in [0.05, 0.1) is 0 Å². The third-order valence-electron chi connectivity index (χ3n) is 3.65. The van der Waals surface area contributed by atoms with Crippen molar-refractivity contribution in [3.63, 3.8) is 0 Å². The van der Waals surface area contributed by atoms with Crippen LogP contribution < -0.4 is 14.8 Å². The maximum Gasteiger partial charge on any atom is 0.329 e. The molecule has 0 fully saturated rings. The van der Waals surface area contributed by atoms with Crippen LogP contribution in [0.25, 0.3) is 0 Å². The van der Waals surface area contributed by atoms with E-state index >= 15 is 0 Å². The van der Waals surface area contributed by atoms with Crippen molar-refractivity contribution in [3.05, 3.63) is 48.7 Å². The van der Waals surface area contributed by atoms with E-state index in [9.17, 15) is 9.59 Å². The van der Waals surface area contributed by atoms with Gasteiger partial charge < -0.3 is 19.9 Å². The van der Waals surface area contributed by atoms with Crippen molar-refractivity contribution >= 4 is 11.9 Å². The van der Waals surface area contributed by atoms with E-state index < -0.39 is 17.4 Å². The normalized spacial score (nSPS) is 12.7. The highest BCUT2D eigenvalue weighted by Gasteiger charge is 2.32. The largest absolute Gasteiger partial charge is 0.484 e. The van der Waals surface area contributed by atoms with Crippen LogP contribution in [0, 0.1) is 0 Å². The molecule has 25 heavy (non-hydrogen) atoms. The fraction of sp³-hybridized carbons (Fsp3) is 0.278. The highest BCUT2D eigenvalue weighted by Crippen LogP contribution is 2.22. The quantitative estimate of drug-likeness (QED) is 0.764. The lowest BCUT2D eigenvalue weighted by atomic mass is 9.99. The number of amides is 1. The number of carbonyl (C=O) groups excluding carboxylic acids is 1. The average molecular weight is 344 g/mol. The zero-order valence-electron chi connectivity index (χ0n) is 14.1. The van der Waals surface area contributed by atoms with E-state index in [-0.39, 0.29) is 13.0 Å². The molecule has 2 aromatic rings. The predicted molar refractivity (Wildman–Crippen MR) is 90.7 cm³/mol. The molecule has 0 saturated heterocycles. The second-order valence-corrected chi connectivity index (χ2v) is 5.57. The van der Waals surface area contributed by atoms with E-state index in [4.69, 9.17) is 14.6 Å². The Labute approximate surface area is 145 Å². The second kappa shape index (κ2) is 8.14. The molecule has 0 aliphatic carbocycles. The van der Waals surface area contributed by atoms with Crippen LogP contribution in [-0.2, 0) is 9.59 Å². The number of aromatic nitrogens is 1. The molecule has 1 amide bonds. The van der Waals surface area contributed by atoms with Crippen LogP contribution in [0.4, 0.5) is 0 Å². The molecule has 2 rings (SSSR count). The van der Waals surface area contributed by atoms with Gasteiger partial charge >= 0.3 is 5.97 Å². The van der Waals surface area contributed by atoms with Gasteiger partial charge in [-0.2, -0.15) is 0 Å². The number of nitrogens with zero attached hydrogens (tertiary/aromatic N) is 1. The Balaban J connectivity index is 1.87. The molecule has 1 atom stereocenters. The molecule has 1 unspecified atom stereocenters. The van der Waals surface area contributed by atoms with Crippen LogP contribution in [0.15, 0.2) is 48.7 Å². The molecule has 1 heterocycles. The number of carboxylic acids is 1. The van der Waals surface area contributed by atoms with Gasteiger partial charge in [-0.1, -0.05) is 13.0 Å². The monoisotopic (exact) mass is 344 g/mol. The Morgan fingerprint density at radius 2 is 1.84 bits per heavy atom. The number of hydrogen-bond donors (Lipinski definition) is 2. The molecule has 2 N–H and O–H groups in total. The summed E-state index contributed by atoms with van der Waals surface area (Å²) in [4.78, 5) is 27.1. The van der Waals surface area contributed by atoms with Crippen LogP contribution in [0.5, 0.6) is 17.4 Å². The van der Waals surface area contributed by atoms with Crippen LogP contribution in [0.3, 0.4) is 0 Å². The third kappa shape index (κ3) is 5.20. The van der Waals surface area contributed by atoms with E-state index in [2.05, 4.69) is 10.3 Å². The first-order valence-corrected chi connectivity index (χ1v) is 7.79. The third-order valence-corrected chi connectivity index (χ3v) is 3.65. The van der Waals surface area contributed by atoms with Gasteiger partial charge in [0.15, 0.2) is 6.61 Å². The molecule has 1 aromatic heterocycles. The summed E-state index contributed by atoms with van der Waals surface area (Å²) in [6.45, 7) is 2.87. The molecular weight excluding hydrogens is 324 g/mol. The second-order valence-electron chi connectivity index (χ2n) is 5.57. The molecule has 0 radical (unpaired) electrons. The molecule has 132 valence electrons. The van der Waals surface area contributed by atoms with Crippen molar-refractivity contribution in [1.82, 2.24) is 10.3 Å². The lowest BCUT2D eigenvalue weighted by Crippen LogP contribution is -2.53. The van der Waals surface area contributed by atoms with E-state index in [0.29, 0.717) is 17.4 Å². The smallest absolute Gasteiger partial charge is 0.329 e. The zero-order chi connectivity index (χ0) is 18.3. The van der Waals surface area contributed by atoms with Gasteiger partial charge in [0.25, 0.3) is 5.91 Å². The van der Waals surface area contributed by atoms with Gasteiger partial charge in [0, 0.05) is 12.3 Å². The predicted octanol–water partition coefficient (Wildman–Crippen LogP) is 2.62. The number of hydrogen-bond acceptors (Lipinski definition) is 5. The lowest BCUT2D eigenvalue weighted by molar-refractivity contribution is -0.147. The van der Waals surface area contributed by atoms with E-state index in [1.165, 1.54) is 6.92 Å². The number of carboxylic acid groups (broad SMARTS) is 1. The summed E-state index contributed by atoms with van der Waals surface area (Å²) in [5, 5.41) is 11.6. The Kier molecular flexibility index (Phi) is 5.94. The zero-order valence-corrected chi connectivity index (χ0v) is 14.1. The maximum absolute atomic E-state index is 11.9. The minimum Gasteiger partial charge on any atom is -0.484 e. The van der Waals surface area contributed by atoms with Crippen molar-refractivity contribution in [2.24, 2.45) is 0 Å². The first-order valence-electron chi connectivity index (χ1n) is 7.79. The van der Waals surface area contributed by atoms with Crippen LogP contribution >= 0.6 is 0 Å². The highest BCUT2D eigenvalue weighted by atomic mass is 16.5. The number of pyridine rings is 1. The molecule has 7 heteroatoms. The first kappa shape index (κ1) is 18.3. The SMILES string of the molecule is CCC(C)(NC(=O)COc1ccc(Oc2ccccn2)cc1)C(=O)O. The first-order chi connectivity index (χ1) is 11.9. The summed E-state index contributed by atoms with van der Waals surface area (Å²) >= 11 is 0. The number of benzene rings is 1. The van der Waals surface area contributed by atoms with Gasteiger partial charge in [-0.15, -0.1) is 0 Å². The summed E-state index contributed by atoms with van der Waals surface area (Å²) in [7, 11) is 0. The molecule has 0 spiro atoms. The summed E-state index contributed by atoms with van der Waals surface area (Å²) in [6, 6.07) is 12.0. The fourth-order valence-corrected chi connectivity index (χ4v) is 1.92. The number of rotatable bonds is 8. The van der Waals surface area contributed by atoms with Crippen LogP contribution in [0.1, 0.15) is 20.3 Å². The van der Waals surface area contributed by atoms with Crippen LogP contribution in [0.2, 0.25) is 0 Å². The summed E-state index contributed by atoms with van der Waals surface area (Å²) in [6.07, 6.45) is 1.90. The van der Waals surface area contributed by atoms with E-state index in [1.54, 1.807) is 49.5 Å². The minimum atomic E-state index is -1.30. The fourth-order valence-electron chi connectivity index (χ4n) is 1.92. The van der Waals surface area contributed by atoms with Gasteiger partial charge in [-0.25, -0.2) is 9.78 Å². The van der Waals surface area contributed by atoms with Crippen molar-refractivity contribution < 1.29 is 24.2 Å². The molecule has 1 aromatic carbocycles. The lowest BCUT2D eigenvalue weighted by Gasteiger charge is -2.24. The number of aliphatic carboxylic acids is 1. The Morgan fingerprint density at radius 3 is 2.40 bits per heavy atom. The van der Waals surface area contributed by atoms with E-state index in [0.717, 1.165) is 0 Å². The van der Waals surface area contributed by atoms with Crippen molar-refractivity contribution in [1.29, 1.82) is 0 Å². The van der Waals surface area contributed by atoms with Gasteiger partial charge in [-0.3, -0.25) is 4.79 Å². The van der Waals surface area contributed by atoms with Crippen molar-refractivity contribution in [2.45, 2.75) is 25.8 Å². The van der Waals surface area contributed by atoms with Crippen molar-refractivity contribution in [2.75, 3.05) is 6.61 Å². The Hall–Kier alpha value is -3.09. The average Bonchev–Trinajstić information content (AvgIpc) is 2.61. The van der Waals surface area contributed by atoms with Gasteiger partial charge in [0.2, 0.25) is 5.88 Å². The van der Waals surface area contributed by atoms with Gasteiger partial charge in [-0.05, 0) is 43.7 Å². The van der Waals surface area contributed by atoms with Crippen molar-refractivity contribution in [3.8, 4) is 17.4 Å². The number of ether oxygens (including phenoxy) is 2. The molecular formula is C18H20N2O5. The standard InChI is InChI=1S/C18H20N2O5/c1-3-18(2,17(22)23)20-15(21)12-24-13-7-9-14(10-8-13)25-16-6-4-5-11-19-16/h4-11H,3,12H2,1-2H3,(H,20,21)(H,22,23). The molecule has 0 aliphatic heterocycles. The molecule has 0 saturated carbocycles. The number of nitrogens with one attached hydrogen (secondary N) is 1.